The van der Waals surface area contributed by atoms with E-state index in [9.17, 15) is 0 Å². The maximum absolute atomic E-state index is 5.68. The molecule has 0 radical (unpaired) electrons. The van der Waals surface area contributed by atoms with Crippen LogP contribution in [0.4, 0.5) is 0 Å². The normalized spacial score (nSPS) is 24.0. The Morgan fingerprint density at radius 3 is 2.20 bits per heavy atom. The second-order valence-electron chi connectivity index (χ2n) is 4.93. The van der Waals surface area contributed by atoms with Gasteiger partial charge in [-0.2, -0.15) is 0 Å². The van der Waals surface area contributed by atoms with Gasteiger partial charge in [0, 0.05) is 45.3 Å². The Labute approximate surface area is 94.6 Å². The summed E-state index contributed by atoms with van der Waals surface area (Å²) in [7, 11) is 0. The van der Waals surface area contributed by atoms with Crippen molar-refractivity contribution in [1.29, 1.82) is 0 Å². The van der Waals surface area contributed by atoms with Crippen molar-refractivity contribution < 1.29 is 0 Å². The number of rotatable bonds is 5. The van der Waals surface area contributed by atoms with E-state index in [0.29, 0.717) is 6.04 Å². The number of piperazine rings is 1. The van der Waals surface area contributed by atoms with E-state index in [2.05, 4.69) is 30.6 Å². The van der Waals surface area contributed by atoms with Crippen molar-refractivity contribution in [2.45, 2.75) is 33.2 Å². The van der Waals surface area contributed by atoms with Gasteiger partial charge in [0.05, 0.1) is 0 Å². The molecule has 0 aliphatic carbocycles. The summed E-state index contributed by atoms with van der Waals surface area (Å²) in [6.45, 7) is 13.7. The molecule has 0 saturated carbocycles. The molecule has 1 aliphatic heterocycles. The van der Waals surface area contributed by atoms with Crippen LogP contribution in [0.3, 0.4) is 0 Å². The lowest BCUT2D eigenvalue weighted by molar-refractivity contribution is 0.0951. The molecule has 2 unspecified atom stereocenters. The van der Waals surface area contributed by atoms with E-state index in [4.69, 9.17) is 5.73 Å². The minimum absolute atomic E-state index is 0.552. The van der Waals surface area contributed by atoms with Crippen LogP contribution in [0.5, 0.6) is 0 Å². The summed E-state index contributed by atoms with van der Waals surface area (Å²) in [5.41, 5.74) is 5.68. The Morgan fingerprint density at radius 2 is 1.73 bits per heavy atom. The quantitative estimate of drug-likeness (QED) is 0.739. The maximum Gasteiger partial charge on any atom is 0.0191 e. The van der Waals surface area contributed by atoms with Gasteiger partial charge in [-0.15, -0.1) is 0 Å². The number of nitrogens with two attached hydrogens (primary N) is 1. The Kier molecular flexibility index (Phi) is 5.58. The van der Waals surface area contributed by atoms with Crippen LogP contribution in [0.25, 0.3) is 0 Å². The van der Waals surface area contributed by atoms with Crippen LogP contribution in [0, 0.1) is 5.92 Å². The molecule has 2 atom stereocenters. The molecule has 1 rings (SSSR count). The number of hydrogen-bond donors (Lipinski definition) is 1. The van der Waals surface area contributed by atoms with Gasteiger partial charge in [-0.3, -0.25) is 4.90 Å². The Hall–Kier alpha value is -0.120. The highest BCUT2D eigenvalue weighted by Gasteiger charge is 2.20. The first-order valence-corrected chi connectivity index (χ1v) is 6.33. The van der Waals surface area contributed by atoms with E-state index in [0.717, 1.165) is 12.5 Å². The molecule has 0 bridgehead atoms. The van der Waals surface area contributed by atoms with Gasteiger partial charge < -0.3 is 10.6 Å². The molecule has 3 nitrogen and oxygen atoms in total. The Balaban J connectivity index is 2.23. The van der Waals surface area contributed by atoms with Crippen LogP contribution in [0.1, 0.15) is 27.2 Å². The minimum atomic E-state index is 0.552. The summed E-state index contributed by atoms with van der Waals surface area (Å²) >= 11 is 0. The fourth-order valence-electron chi connectivity index (χ4n) is 2.11. The van der Waals surface area contributed by atoms with Crippen molar-refractivity contribution in [2.75, 3.05) is 39.3 Å². The van der Waals surface area contributed by atoms with Crippen LogP contribution >= 0.6 is 0 Å². The lowest BCUT2D eigenvalue weighted by atomic mass is 10.1. The fourth-order valence-corrected chi connectivity index (χ4v) is 2.11. The molecule has 1 heterocycles. The predicted octanol–water partition coefficient (Wildman–Crippen LogP) is 0.997. The molecule has 1 fully saturated rings. The largest absolute Gasteiger partial charge is 0.329 e. The minimum Gasteiger partial charge on any atom is -0.329 e. The Morgan fingerprint density at radius 1 is 1.13 bits per heavy atom. The van der Waals surface area contributed by atoms with E-state index in [-0.39, 0.29) is 0 Å². The topological polar surface area (TPSA) is 32.5 Å². The third-order valence-electron chi connectivity index (χ3n) is 3.64. The standard InChI is InChI=1S/C12H27N3/c1-4-11(2)10-14-5-7-15(8-6-14)12(3)9-13/h11-12H,4-10,13H2,1-3H3. The highest BCUT2D eigenvalue weighted by atomic mass is 15.3. The van der Waals surface area contributed by atoms with Crippen LogP contribution in [-0.4, -0.2) is 55.1 Å². The second-order valence-corrected chi connectivity index (χ2v) is 4.93. The monoisotopic (exact) mass is 213 g/mol. The van der Waals surface area contributed by atoms with Gasteiger partial charge in [0.25, 0.3) is 0 Å². The zero-order valence-corrected chi connectivity index (χ0v) is 10.6. The van der Waals surface area contributed by atoms with E-state index in [1.807, 2.05) is 0 Å². The summed E-state index contributed by atoms with van der Waals surface area (Å²) in [4.78, 5) is 5.10. The van der Waals surface area contributed by atoms with Crippen molar-refractivity contribution >= 4 is 0 Å². The van der Waals surface area contributed by atoms with Gasteiger partial charge in [-0.05, 0) is 12.8 Å². The van der Waals surface area contributed by atoms with E-state index in [1.54, 1.807) is 0 Å². The van der Waals surface area contributed by atoms with Crippen LogP contribution in [0.2, 0.25) is 0 Å². The average Bonchev–Trinajstić information content (AvgIpc) is 2.29. The molecular formula is C12H27N3. The van der Waals surface area contributed by atoms with Crippen LogP contribution in [0.15, 0.2) is 0 Å². The fraction of sp³-hybridized carbons (Fsp3) is 1.00. The van der Waals surface area contributed by atoms with Gasteiger partial charge in [0.15, 0.2) is 0 Å². The molecule has 0 amide bonds. The van der Waals surface area contributed by atoms with Crippen molar-refractivity contribution in [3.8, 4) is 0 Å². The molecule has 0 spiro atoms. The molecule has 0 aromatic rings. The first kappa shape index (κ1) is 12.9. The summed E-state index contributed by atoms with van der Waals surface area (Å²) < 4.78 is 0. The van der Waals surface area contributed by atoms with Crippen LogP contribution < -0.4 is 5.73 Å². The molecule has 1 aliphatic rings. The van der Waals surface area contributed by atoms with Gasteiger partial charge in [0.2, 0.25) is 0 Å². The third-order valence-corrected chi connectivity index (χ3v) is 3.64. The molecule has 3 heteroatoms. The third kappa shape index (κ3) is 4.09. The zero-order valence-electron chi connectivity index (χ0n) is 10.6. The van der Waals surface area contributed by atoms with E-state index in [1.165, 1.54) is 39.1 Å². The number of nitrogens with zero attached hydrogens (tertiary/aromatic N) is 2. The molecule has 1 saturated heterocycles. The zero-order chi connectivity index (χ0) is 11.3. The van der Waals surface area contributed by atoms with Gasteiger partial charge in [-0.25, -0.2) is 0 Å². The van der Waals surface area contributed by atoms with Crippen molar-refractivity contribution in [2.24, 2.45) is 11.7 Å². The Bertz CT molecular complexity index is 164. The van der Waals surface area contributed by atoms with Gasteiger partial charge in [0.1, 0.15) is 0 Å². The highest BCUT2D eigenvalue weighted by Crippen LogP contribution is 2.09. The second kappa shape index (κ2) is 6.46. The van der Waals surface area contributed by atoms with Crippen molar-refractivity contribution in [1.82, 2.24) is 9.80 Å². The number of hydrogen-bond acceptors (Lipinski definition) is 3. The van der Waals surface area contributed by atoms with E-state index >= 15 is 0 Å². The van der Waals surface area contributed by atoms with Crippen molar-refractivity contribution in [3.05, 3.63) is 0 Å². The maximum atomic E-state index is 5.68. The molecule has 2 N–H and O–H groups in total. The summed E-state index contributed by atoms with van der Waals surface area (Å²) in [5.74, 6) is 0.837. The van der Waals surface area contributed by atoms with Crippen LogP contribution in [-0.2, 0) is 0 Å². The first-order valence-electron chi connectivity index (χ1n) is 6.33. The summed E-state index contributed by atoms with van der Waals surface area (Å²) in [6, 6.07) is 0.552. The van der Waals surface area contributed by atoms with Gasteiger partial charge >= 0.3 is 0 Å². The average molecular weight is 213 g/mol. The predicted molar refractivity (Wildman–Crippen MR) is 66.0 cm³/mol. The lowest BCUT2D eigenvalue weighted by Crippen LogP contribution is -2.52. The molecular weight excluding hydrogens is 186 g/mol. The smallest absolute Gasteiger partial charge is 0.0191 e. The van der Waals surface area contributed by atoms with E-state index < -0.39 is 0 Å². The molecule has 15 heavy (non-hydrogen) atoms. The lowest BCUT2D eigenvalue weighted by Gasteiger charge is -2.38. The molecule has 0 aromatic heterocycles. The molecule has 0 aromatic carbocycles. The summed E-state index contributed by atoms with van der Waals surface area (Å²) in [5, 5.41) is 0. The highest BCUT2D eigenvalue weighted by molar-refractivity contribution is 4.77. The van der Waals surface area contributed by atoms with Gasteiger partial charge in [-0.1, -0.05) is 20.3 Å². The van der Waals surface area contributed by atoms with Crippen molar-refractivity contribution in [3.63, 3.8) is 0 Å². The summed E-state index contributed by atoms with van der Waals surface area (Å²) in [6.07, 6.45) is 1.29. The molecule has 90 valence electrons. The first-order chi connectivity index (χ1) is 7.17. The SMILES string of the molecule is CCC(C)CN1CCN(C(C)CN)CC1.